The quantitative estimate of drug-likeness (QED) is 0.887. The Kier molecular flexibility index (Phi) is 4.36. The van der Waals surface area contributed by atoms with E-state index in [0.29, 0.717) is 0 Å². The lowest BCUT2D eigenvalue weighted by atomic mass is 10.0. The Morgan fingerprint density at radius 2 is 1.89 bits per heavy atom. The number of nitrogens with one attached hydrogen (secondary N) is 2. The number of piperidine rings is 1. The van der Waals surface area contributed by atoms with Crippen LogP contribution in [0.3, 0.4) is 0 Å². The minimum absolute atomic E-state index is 0.00761. The third-order valence-electron chi connectivity index (χ3n) is 3.11. The molecule has 106 valence electrons. The van der Waals surface area contributed by atoms with Crippen LogP contribution in [0.5, 0.6) is 0 Å². The van der Waals surface area contributed by atoms with Crippen molar-refractivity contribution in [2.24, 2.45) is 5.92 Å². The number of rotatable bonds is 4. The fraction of sp³-hybridized carbons (Fsp3) is 0.500. The van der Waals surface area contributed by atoms with Crippen molar-refractivity contribution in [1.82, 2.24) is 5.32 Å². The topological polar surface area (TPSA) is 58.2 Å². The molecule has 2 N–H and O–H groups in total. The molecule has 1 aliphatic heterocycles. The monoisotopic (exact) mass is 290 g/mol. The highest BCUT2D eigenvalue weighted by molar-refractivity contribution is 7.92. The molecule has 1 aromatic rings. The van der Waals surface area contributed by atoms with Gasteiger partial charge in [0.1, 0.15) is 0 Å². The zero-order valence-corrected chi connectivity index (χ0v) is 11.1. The van der Waals surface area contributed by atoms with Crippen LogP contribution in [0.1, 0.15) is 12.8 Å². The van der Waals surface area contributed by atoms with Gasteiger partial charge in [0.15, 0.2) is 11.6 Å². The van der Waals surface area contributed by atoms with Gasteiger partial charge in [-0.15, -0.1) is 0 Å². The van der Waals surface area contributed by atoms with Gasteiger partial charge in [-0.3, -0.25) is 4.72 Å². The Morgan fingerprint density at radius 1 is 1.21 bits per heavy atom. The van der Waals surface area contributed by atoms with E-state index in [1.54, 1.807) is 0 Å². The number of sulfonamides is 1. The van der Waals surface area contributed by atoms with Crippen LogP contribution in [-0.4, -0.2) is 27.3 Å². The first kappa shape index (κ1) is 14.2. The minimum atomic E-state index is -3.53. The molecule has 7 heteroatoms. The fourth-order valence-electron chi connectivity index (χ4n) is 2.14. The molecule has 19 heavy (non-hydrogen) atoms. The fourth-order valence-corrected chi connectivity index (χ4v) is 3.66. The molecule has 1 saturated heterocycles. The van der Waals surface area contributed by atoms with Crippen molar-refractivity contribution in [3.63, 3.8) is 0 Å². The van der Waals surface area contributed by atoms with E-state index in [1.165, 1.54) is 6.07 Å². The zero-order chi connectivity index (χ0) is 13.9. The van der Waals surface area contributed by atoms with E-state index in [9.17, 15) is 17.2 Å². The summed E-state index contributed by atoms with van der Waals surface area (Å²) in [6.07, 6.45) is 1.61. The summed E-state index contributed by atoms with van der Waals surface area (Å²) < 4.78 is 51.9. The van der Waals surface area contributed by atoms with Crippen LogP contribution in [-0.2, 0) is 10.0 Å². The molecule has 1 aliphatic rings. The normalized spacial score (nSPS) is 17.4. The van der Waals surface area contributed by atoms with Gasteiger partial charge in [-0.2, -0.15) is 0 Å². The summed E-state index contributed by atoms with van der Waals surface area (Å²) >= 11 is 0. The predicted molar refractivity (Wildman–Crippen MR) is 69.4 cm³/mol. The third kappa shape index (κ3) is 4.14. The van der Waals surface area contributed by atoms with Gasteiger partial charge in [-0.25, -0.2) is 17.2 Å². The predicted octanol–water partition coefficient (Wildman–Crippen LogP) is 1.71. The van der Waals surface area contributed by atoms with Crippen LogP contribution in [0.2, 0.25) is 0 Å². The van der Waals surface area contributed by atoms with E-state index in [-0.39, 0.29) is 17.4 Å². The van der Waals surface area contributed by atoms with Gasteiger partial charge < -0.3 is 5.32 Å². The Hall–Kier alpha value is -1.21. The highest BCUT2D eigenvalue weighted by atomic mass is 32.2. The minimum Gasteiger partial charge on any atom is -0.317 e. The number of hydrogen-bond donors (Lipinski definition) is 2. The van der Waals surface area contributed by atoms with Gasteiger partial charge in [0, 0.05) is 6.07 Å². The summed E-state index contributed by atoms with van der Waals surface area (Å²) in [6.45, 7) is 1.62. The highest BCUT2D eigenvalue weighted by Crippen LogP contribution is 2.18. The third-order valence-corrected chi connectivity index (χ3v) is 4.56. The van der Waals surface area contributed by atoms with Gasteiger partial charge >= 0.3 is 0 Å². The van der Waals surface area contributed by atoms with E-state index >= 15 is 0 Å². The molecule has 0 aliphatic carbocycles. The molecule has 4 nitrogen and oxygen atoms in total. The molecule has 0 saturated carbocycles. The Balaban J connectivity index is 2.01. The summed E-state index contributed by atoms with van der Waals surface area (Å²) in [5.41, 5.74) is 0.0489. The first-order chi connectivity index (χ1) is 8.96. The van der Waals surface area contributed by atoms with Crippen LogP contribution in [0, 0.1) is 17.6 Å². The van der Waals surface area contributed by atoms with Crippen molar-refractivity contribution >= 4 is 15.7 Å². The molecule has 1 heterocycles. The van der Waals surface area contributed by atoms with Crippen molar-refractivity contribution in [3.8, 4) is 0 Å². The lowest BCUT2D eigenvalue weighted by molar-refractivity contribution is 0.402. The van der Waals surface area contributed by atoms with Crippen LogP contribution in [0.25, 0.3) is 0 Å². The summed E-state index contributed by atoms with van der Waals surface area (Å²) in [6, 6.07) is 2.95. The van der Waals surface area contributed by atoms with Crippen LogP contribution >= 0.6 is 0 Å². The van der Waals surface area contributed by atoms with Crippen molar-refractivity contribution < 1.29 is 17.2 Å². The molecular formula is C12H16F2N2O2S. The summed E-state index contributed by atoms with van der Waals surface area (Å²) in [4.78, 5) is 0. The molecule has 0 aromatic heterocycles. The maximum Gasteiger partial charge on any atom is 0.232 e. The van der Waals surface area contributed by atoms with Crippen molar-refractivity contribution in [3.05, 3.63) is 29.8 Å². The number of halogens is 2. The van der Waals surface area contributed by atoms with Gasteiger partial charge in [0.25, 0.3) is 0 Å². The lowest BCUT2D eigenvalue weighted by Crippen LogP contribution is -2.33. The second-order valence-electron chi connectivity index (χ2n) is 4.71. The molecule has 0 spiro atoms. The molecule has 0 radical (unpaired) electrons. The van der Waals surface area contributed by atoms with Crippen LogP contribution < -0.4 is 10.0 Å². The first-order valence-electron chi connectivity index (χ1n) is 6.12. The van der Waals surface area contributed by atoms with Crippen molar-refractivity contribution in [2.75, 3.05) is 23.6 Å². The van der Waals surface area contributed by atoms with Gasteiger partial charge in [-0.05, 0) is 44.0 Å². The second-order valence-corrected chi connectivity index (χ2v) is 6.47. The van der Waals surface area contributed by atoms with E-state index in [0.717, 1.165) is 38.1 Å². The smallest absolute Gasteiger partial charge is 0.232 e. The average Bonchev–Trinajstić information content (AvgIpc) is 2.34. The molecule has 2 rings (SSSR count). The summed E-state index contributed by atoms with van der Waals surface area (Å²) in [5, 5.41) is 3.16. The molecule has 0 atom stereocenters. The van der Waals surface area contributed by atoms with Gasteiger partial charge in [0.05, 0.1) is 11.4 Å². The van der Waals surface area contributed by atoms with Gasteiger partial charge in [-0.1, -0.05) is 0 Å². The van der Waals surface area contributed by atoms with E-state index in [1.807, 2.05) is 0 Å². The molecule has 0 bridgehead atoms. The molecule has 1 aromatic carbocycles. The Bertz CT molecular complexity index is 543. The van der Waals surface area contributed by atoms with Crippen molar-refractivity contribution in [2.45, 2.75) is 12.8 Å². The number of benzene rings is 1. The second kappa shape index (κ2) is 5.83. The Morgan fingerprint density at radius 3 is 2.53 bits per heavy atom. The average molecular weight is 290 g/mol. The lowest BCUT2D eigenvalue weighted by Gasteiger charge is -2.22. The van der Waals surface area contributed by atoms with Crippen molar-refractivity contribution in [1.29, 1.82) is 0 Å². The largest absolute Gasteiger partial charge is 0.317 e. The molecular weight excluding hydrogens is 274 g/mol. The summed E-state index contributed by atoms with van der Waals surface area (Å²) in [7, 11) is -3.53. The molecule has 0 unspecified atom stereocenters. The number of anilines is 1. The standard InChI is InChI=1S/C12H16F2N2O2S/c13-11-2-1-10(7-12(11)14)16-19(17,18)8-9-3-5-15-6-4-9/h1-2,7,9,15-16H,3-6,8H2. The highest BCUT2D eigenvalue weighted by Gasteiger charge is 2.21. The summed E-state index contributed by atoms with van der Waals surface area (Å²) in [5.74, 6) is -1.96. The maximum absolute atomic E-state index is 13.0. The van der Waals surface area contributed by atoms with E-state index < -0.39 is 21.7 Å². The maximum atomic E-state index is 13.0. The van der Waals surface area contributed by atoms with E-state index in [4.69, 9.17) is 0 Å². The molecule has 1 fully saturated rings. The van der Waals surface area contributed by atoms with Gasteiger partial charge in [0.2, 0.25) is 10.0 Å². The van der Waals surface area contributed by atoms with Crippen LogP contribution in [0.15, 0.2) is 18.2 Å². The Labute approximate surface area is 111 Å². The molecule has 0 amide bonds. The number of hydrogen-bond acceptors (Lipinski definition) is 3. The van der Waals surface area contributed by atoms with E-state index in [2.05, 4.69) is 10.0 Å². The SMILES string of the molecule is O=S(=O)(CC1CCNCC1)Nc1ccc(F)c(F)c1. The zero-order valence-electron chi connectivity index (χ0n) is 10.3. The van der Waals surface area contributed by atoms with Crippen LogP contribution in [0.4, 0.5) is 14.5 Å². The first-order valence-corrected chi connectivity index (χ1v) is 7.78.